The van der Waals surface area contributed by atoms with E-state index < -0.39 is 0 Å². The van der Waals surface area contributed by atoms with Crippen LogP contribution in [0, 0.1) is 26.7 Å². The summed E-state index contributed by atoms with van der Waals surface area (Å²) < 4.78 is 7.45. The summed E-state index contributed by atoms with van der Waals surface area (Å²) in [7, 11) is 1.61. The zero-order chi connectivity index (χ0) is 22.5. The first-order valence-corrected chi connectivity index (χ1v) is 10.8. The smallest absolute Gasteiger partial charge is 0.254 e. The largest absolute Gasteiger partial charge is 0.497 e. The molecule has 31 heavy (non-hydrogen) atoms. The van der Waals surface area contributed by atoms with Gasteiger partial charge in [-0.25, -0.2) is 4.98 Å². The van der Waals surface area contributed by atoms with E-state index in [1.165, 1.54) is 22.3 Å². The molecule has 0 unspecified atom stereocenters. The monoisotopic (exact) mass is 419 g/mol. The van der Waals surface area contributed by atoms with Crippen LogP contribution in [-0.2, 0) is 13.1 Å². The summed E-state index contributed by atoms with van der Waals surface area (Å²) >= 11 is 0. The van der Waals surface area contributed by atoms with Gasteiger partial charge >= 0.3 is 0 Å². The highest BCUT2D eigenvalue weighted by Gasteiger charge is 2.20. The van der Waals surface area contributed by atoms with E-state index in [0.29, 0.717) is 30.3 Å². The third-order valence-electron chi connectivity index (χ3n) is 5.49. The van der Waals surface area contributed by atoms with E-state index in [2.05, 4.69) is 56.3 Å². The lowest BCUT2D eigenvalue weighted by atomic mass is 10.00. The van der Waals surface area contributed by atoms with Gasteiger partial charge in [-0.15, -0.1) is 0 Å². The maximum absolute atomic E-state index is 13.3. The van der Waals surface area contributed by atoms with Crippen molar-refractivity contribution in [3.05, 3.63) is 82.4 Å². The summed E-state index contributed by atoms with van der Waals surface area (Å²) in [6.07, 6.45) is 3.81. The number of rotatable bonds is 8. The summed E-state index contributed by atoms with van der Waals surface area (Å²) in [6, 6.07) is 11.8. The lowest BCUT2D eigenvalue weighted by Gasteiger charge is -2.25. The lowest BCUT2D eigenvalue weighted by molar-refractivity contribution is 0.0716. The number of ether oxygens (including phenoxy) is 1. The summed E-state index contributed by atoms with van der Waals surface area (Å²) in [5.41, 5.74) is 5.77. The third-order valence-corrected chi connectivity index (χ3v) is 5.49. The zero-order valence-corrected chi connectivity index (χ0v) is 19.5. The number of carbonyl (C=O) groups is 1. The fourth-order valence-corrected chi connectivity index (χ4v) is 4.03. The molecule has 1 amide bonds. The number of amides is 1. The Morgan fingerprint density at radius 1 is 1.13 bits per heavy atom. The van der Waals surface area contributed by atoms with Gasteiger partial charge in [0.05, 0.1) is 13.7 Å². The number of imidazole rings is 1. The van der Waals surface area contributed by atoms with Crippen LogP contribution in [-0.4, -0.2) is 34.0 Å². The highest BCUT2D eigenvalue weighted by Crippen LogP contribution is 2.20. The van der Waals surface area contributed by atoms with Crippen LogP contribution in [0.15, 0.2) is 48.8 Å². The second kappa shape index (κ2) is 9.82. The fourth-order valence-electron chi connectivity index (χ4n) is 4.03. The number of hydrogen-bond acceptors (Lipinski definition) is 3. The molecule has 0 spiro atoms. The molecule has 0 radical (unpaired) electrons. The van der Waals surface area contributed by atoms with E-state index in [4.69, 9.17) is 4.74 Å². The molecule has 164 valence electrons. The van der Waals surface area contributed by atoms with Gasteiger partial charge in [-0.3, -0.25) is 4.79 Å². The number of benzene rings is 2. The van der Waals surface area contributed by atoms with Crippen LogP contribution in [0.1, 0.15) is 52.3 Å². The minimum Gasteiger partial charge on any atom is -0.497 e. The van der Waals surface area contributed by atoms with Crippen LogP contribution < -0.4 is 4.74 Å². The van der Waals surface area contributed by atoms with Gasteiger partial charge in [-0.2, -0.15) is 0 Å². The van der Waals surface area contributed by atoms with E-state index in [1.54, 1.807) is 13.2 Å². The van der Waals surface area contributed by atoms with E-state index >= 15 is 0 Å². The van der Waals surface area contributed by atoms with Crippen LogP contribution in [0.3, 0.4) is 0 Å². The molecule has 1 heterocycles. The summed E-state index contributed by atoms with van der Waals surface area (Å²) in [5, 5.41) is 0. The number of aromatic nitrogens is 2. The Morgan fingerprint density at radius 3 is 2.48 bits per heavy atom. The number of methoxy groups -OCH3 is 1. The predicted molar refractivity (Wildman–Crippen MR) is 125 cm³/mol. The topological polar surface area (TPSA) is 47.4 Å². The Balaban J connectivity index is 1.86. The molecule has 0 aliphatic carbocycles. The Bertz CT molecular complexity index is 1030. The zero-order valence-electron chi connectivity index (χ0n) is 19.5. The molecule has 0 saturated heterocycles. The molecular weight excluding hydrogens is 386 g/mol. The van der Waals surface area contributed by atoms with Gasteiger partial charge in [0.1, 0.15) is 11.6 Å². The van der Waals surface area contributed by atoms with Gasteiger partial charge in [-0.05, 0) is 61.6 Å². The van der Waals surface area contributed by atoms with Crippen LogP contribution in [0.4, 0.5) is 0 Å². The Kier molecular flexibility index (Phi) is 7.16. The van der Waals surface area contributed by atoms with Crippen LogP contribution in [0.5, 0.6) is 5.75 Å². The Morgan fingerprint density at radius 2 is 1.84 bits per heavy atom. The molecule has 1 aromatic heterocycles. The van der Waals surface area contributed by atoms with Gasteiger partial charge in [0.2, 0.25) is 0 Å². The first-order chi connectivity index (χ1) is 14.8. The molecule has 0 fully saturated rings. The van der Waals surface area contributed by atoms with E-state index in [9.17, 15) is 4.79 Å². The second-order valence-corrected chi connectivity index (χ2v) is 8.66. The highest BCUT2D eigenvalue weighted by molar-refractivity contribution is 5.94. The minimum atomic E-state index is -0.00940. The van der Waals surface area contributed by atoms with Crippen molar-refractivity contribution >= 4 is 5.91 Å². The van der Waals surface area contributed by atoms with Crippen LogP contribution in [0.25, 0.3) is 0 Å². The molecule has 0 atom stereocenters. The van der Waals surface area contributed by atoms with Crippen molar-refractivity contribution in [2.24, 2.45) is 5.92 Å². The Hall–Kier alpha value is -3.08. The highest BCUT2D eigenvalue weighted by atomic mass is 16.5. The van der Waals surface area contributed by atoms with Gasteiger partial charge < -0.3 is 14.2 Å². The second-order valence-electron chi connectivity index (χ2n) is 8.66. The maximum Gasteiger partial charge on any atom is 0.254 e. The summed E-state index contributed by atoms with van der Waals surface area (Å²) in [6.45, 7) is 12.6. The Labute approximate surface area is 185 Å². The number of aryl methyl sites for hydroxylation is 3. The minimum absolute atomic E-state index is 0.00940. The molecule has 0 saturated carbocycles. The molecular formula is C26H33N3O2. The van der Waals surface area contributed by atoms with E-state index in [0.717, 1.165) is 12.4 Å². The molecule has 5 heteroatoms. The van der Waals surface area contributed by atoms with Crippen molar-refractivity contribution in [1.82, 2.24) is 14.5 Å². The molecule has 5 nitrogen and oxygen atoms in total. The van der Waals surface area contributed by atoms with Crippen molar-refractivity contribution in [1.29, 1.82) is 0 Å². The van der Waals surface area contributed by atoms with Crippen molar-refractivity contribution in [3.8, 4) is 5.75 Å². The summed E-state index contributed by atoms with van der Waals surface area (Å²) in [4.78, 5) is 19.8. The van der Waals surface area contributed by atoms with Crippen molar-refractivity contribution in [2.45, 2.75) is 47.7 Å². The van der Waals surface area contributed by atoms with Gasteiger partial charge in [0.15, 0.2) is 0 Å². The summed E-state index contributed by atoms with van der Waals surface area (Å²) in [5.74, 6) is 1.91. The quantitative estimate of drug-likeness (QED) is 0.506. The van der Waals surface area contributed by atoms with Crippen LogP contribution in [0.2, 0.25) is 0 Å². The molecule has 0 aliphatic heterocycles. The van der Waals surface area contributed by atoms with Crippen molar-refractivity contribution < 1.29 is 9.53 Å². The van der Waals surface area contributed by atoms with E-state index in [1.807, 2.05) is 35.5 Å². The standard InChI is InChI=1S/C26H33N3O2/c1-18(2)15-29(26(30)22-8-7-9-23(14-22)31-6)17-25-27-10-11-28(25)16-24-20(4)12-19(3)13-21(24)5/h7-14,18H,15-17H2,1-6H3. The molecule has 0 aliphatic rings. The van der Waals surface area contributed by atoms with Gasteiger partial charge in [-0.1, -0.05) is 37.6 Å². The van der Waals surface area contributed by atoms with Gasteiger partial charge in [0, 0.05) is 31.0 Å². The predicted octanol–water partition coefficient (Wildman–Crippen LogP) is 5.16. The molecule has 3 aromatic rings. The fraction of sp³-hybridized carbons (Fsp3) is 0.385. The first kappa shape index (κ1) is 22.6. The van der Waals surface area contributed by atoms with E-state index in [-0.39, 0.29) is 5.91 Å². The third kappa shape index (κ3) is 5.54. The lowest BCUT2D eigenvalue weighted by Crippen LogP contribution is -2.34. The number of hydrogen-bond donors (Lipinski definition) is 0. The molecule has 2 aromatic carbocycles. The maximum atomic E-state index is 13.3. The number of carbonyl (C=O) groups excluding carboxylic acids is 1. The normalized spacial score (nSPS) is 11.1. The number of nitrogens with zero attached hydrogens (tertiary/aromatic N) is 3. The van der Waals surface area contributed by atoms with Gasteiger partial charge in [0.25, 0.3) is 5.91 Å². The molecule has 3 rings (SSSR count). The SMILES string of the molecule is COc1cccc(C(=O)N(Cc2nccn2Cc2c(C)cc(C)cc2C)CC(C)C)c1. The van der Waals surface area contributed by atoms with Crippen molar-refractivity contribution in [3.63, 3.8) is 0 Å². The first-order valence-electron chi connectivity index (χ1n) is 10.8. The average molecular weight is 420 g/mol. The van der Waals surface area contributed by atoms with Crippen LogP contribution >= 0.6 is 0 Å². The van der Waals surface area contributed by atoms with Crippen molar-refractivity contribution in [2.75, 3.05) is 13.7 Å². The molecule has 0 bridgehead atoms. The average Bonchev–Trinajstić information content (AvgIpc) is 3.16. The molecule has 0 N–H and O–H groups in total.